The standard InChI is InChI=1S/C27H23N/c1-27(2)25-14-7-6-13-23(25)24-18-20(15-16-26(24)27)19-9-8-12-22(17-19)28-21-10-4-3-5-11-21/h3-18,28H,1-2H3. The molecule has 0 saturated carbocycles. The molecule has 0 aromatic heterocycles. The van der Waals surface area contributed by atoms with E-state index in [4.69, 9.17) is 0 Å². The van der Waals surface area contributed by atoms with Crippen LogP contribution < -0.4 is 5.32 Å². The van der Waals surface area contributed by atoms with Crippen molar-refractivity contribution in [2.45, 2.75) is 19.3 Å². The summed E-state index contributed by atoms with van der Waals surface area (Å²) in [6, 6.07) is 34.7. The quantitative estimate of drug-likeness (QED) is 0.401. The maximum atomic E-state index is 3.50. The summed E-state index contributed by atoms with van der Waals surface area (Å²) in [7, 11) is 0. The van der Waals surface area contributed by atoms with E-state index in [9.17, 15) is 0 Å². The van der Waals surface area contributed by atoms with Crippen molar-refractivity contribution in [2.24, 2.45) is 0 Å². The summed E-state index contributed by atoms with van der Waals surface area (Å²) < 4.78 is 0. The molecule has 0 atom stereocenters. The van der Waals surface area contributed by atoms with Crippen LogP contribution in [0, 0.1) is 0 Å². The molecule has 0 radical (unpaired) electrons. The predicted molar refractivity (Wildman–Crippen MR) is 119 cm³/mol. The van der Waals surface area contributed by atoms with Crippen LogP contribution in [-0.2, 0) is 5.41 Å². The van der Waals surface area contributed by atoms with E-state index in [1.165, 1.54) is 33.4 Å². The SMILES string of the molecule is CC1(C)c2ccccc2-c2cc(-c3cccc(Nc4ccccc4)c3)ccc21. The van der Waals surface area contributed by atoms with Gasteiger partial charge in [0.15, 0.2) is 0 Å². The zero-order valence-corrected chi connectivity index (χ0v) is 16.2. The zero-order valence-electron chi connectivity index (χ0n) is 16.2. The lowest BCUT2D eigenvalue weighted by Crippen LogP contribution is -2.14. The van der Waals surface area contributed by atoms with Gasteiger partial charge in [-0.25, -0.2) is 0 Å². The molecule has 0 aliphatic heterocycles. The monoisotopic (exact) mass is 361 g/mol. The molecule has 4 aromatic carbocycles. The fraction of sp³-hybridized carbons (Fsp3) is 0.111. The predicted octanol–water partition coefficient (Wildman–Crippen LogP) is 7.40. The van der Waals surface area contributed by atoms with Gasteiger partial charge in [-0.2, -0.15) is 0 Å². The van der Waals surface area contributed by atoms with Gasteiger partial charge >= 0.3 is 0 Å². The first-order chi connectivity index (χ1) is 13.6. The molecule has 28 heavy (non-hydrogen) atoms. The van der Waals surface area contributed by atoms with E-state index in [1.54, 1.807) is 0 Å². The molecule has 1 aliphatic carbocycles. The lowest BCUT2D eigenvalue weighted by molar-refractivity contribution is 0.660. The Bertz CT molecular complexity index is 1160. The maximum absolute atomic E-state index is 3.50. The molecule has 1 heteroatoms. The minimum atomic E-state index is 0.0567. The molecule has 0 spiro atoms. The van der Waals surface area contributed by atoms with E-state index in [0.29, 0.717) is 0 Å². The number of anilines is 2. The van der Waals surface area contributed by atoms with Crippen molar-refractivity contribution in [3.8, 4) is 22.3 Å². The van der Waals surface area contributed by atoms with Crippen molar-refractivity contribution in [2.75, 3.05) is 5.32 Å². The van der Waals surface area contributed by atoms with Crippen LogP contribution in [0.3, 0.4) is 0 Å². The highest BCUT2D eigenvalue weighted by atomic mass is 14.9. The lowest BCUT2D eigenvalue weighted by Gasteiger charge is -2.21. The molecule has 0 fully saturated rings. The van der Waals surface area contributed by atoms with E-state index in [2.05, 4.69) is 98.0 Å². The van der Waals surface area contributed by atoms with Crippen LogP contribution in [0.4, 0.5) is 11.4 Å². The first-order valence-corrected chi connectivity index (χ1v) is 9.80. The number of hydrogen-bond donors (Lipinski definition) is 1. The van der Waals surface area contributed by atoms with Crippen LogP contribution in [0.2, 0.25) is 0 Å². The smallest absolute Gasteiger partial charge is 0.0390 e. The van der Waals surface area contributed by atoms with Crippen molar-refractivity contribution in [1.82, 2.24) is 0 Å². The number of fused-ring (bicyclic) bond motifs is 3. The Kier molecular flexibility index (Phi) is 3.84. The molecule has 0 heterocycles. The molecule has 136 valence electrons. The molecule has 1 N–H and O–H groups in total. The van der Waals surface area contributed by atoms with Crippen molar-refractivity contribution in [3.05, 3.63) is 108 Å². The Morgan fingerprint density at radius 1 is 0.536 bits per heavy atom. The summed E-state index contributed by atoms with van der Waals surface area (Å²) in [4.78, 5) is 0. The molecule has 0 unspecified atom stereocenters. The summed E-state index contributed by atoms with van der Waals surface area (Å²) in [6.07, 6.45) is 0. The third-order valence-corrected chi connectivity index (χ3v) is 5.84. The van der Waals surface area contributed by atoms with Gasteiger partial charge in [0, 0.05) is 16.8 Å². The Morgan fingerprint density at radius 2 is 1.21 bits per heavy atom. The Labute approximate surface area is 166 Å². The Balaban J connectivity index is 1.55. The summed E-state index contributed by atoms with van der Waals surface area (Å²) >= 11 is 0. The van der Waals surface area contributed by atoms with E-state index in [-0.39, 0.29) is 5.41 Å². The average molecular weight is 361 g/mol. The maximum Gasteiger partial charge on any atom is 0.0390 e. The van der Waals surface area contributed by atoms with Crippen molar-refractivity contribution >= 4 is 11.4 Å². The number of benzene rings is 4. The minimum absolute atomic E-state index is 0.0567. The van der Waals surface area contributed by atoms with Crippen LogP contribution in [0.25, 0.3) is 22.3 Å². The fourth-order valence-corrected chi connectivity index (χ4v) is 4.36. The molecule has 4 aromatic rings. The second-order valence-corrected chi connectivity index (χ2v) is 8.00. The number of nitrogens with one attached hydrogen (secondary N) is 1. The average Bonchev–Trinajstić information content (AvgIpc) is 2.96. The molecule has 5 rings (SSSR count). The largest absolute Gasteiger partial charge is 0.356 e. The van der Waals surface area contributed by atoms with Gasteiger partial charge in [-0.3, -0.25) is 0 Å². The number of rotatable bonds is 3. The molecular formula is C27H23N. The normalized spacial score (nSPS) is 13.6. The van der Waals surface area contributed by atoms with Crippen LogP contribution in [0.1, 0.15) is 25.0 Å². The fourth-order valence-electron chi connectivity index (χ4n) is 4.36. The van der Waals surface area contributed by atoms with E-state index < -0.39 is 0 Å². The third-order valence-electron chi connectivity index (χ3n) is 5.84. The van der Waals surface area contributed by atoms with Gasteiger partial charge in [-0.1, -0.05) is 80.6 Å². The van der Waals surface area contributed by atoms with Crippen LogP contribution >= 0.6 is 0 Å². The van der Waals surface area contributed by atoms with Gasteiger partial charge in [-0.15, -0.1) is 0 Å². The van der Waals surface area contributed by atoms with Crippen LogP contribution in [0.15, 0.2) is 97.1 Å². The first-order valence-electron chi connectivity index (χ1n) is 9.80. The topological polar surface area (TPSA) is 12.0 Å². The van der Waals surface area contributed by atoms with E-state index in [0.717, 1.165) is 11.4 Å². The van der Waals surface area contributed by atoms with E-state index >= 15 is 0 Å². The second kappa shape index (κ2) is 6.38. The molecule has 0 saturated heterocycles. The minimum Gasteiger partial charge on any atom is -0.356 e. The highest BCUT2D eigenvalue weighted by Gasteiger charge is 2.34. The Morgan fingerprint density at radius 3 is 2.07 bits per heavy atom. The molecular weight excluding hydrogens is 338 g/mol. The third kappa shape index (κ3) is 2.71. The van der Waals surface area contributed by atoms with Gasteiger partial charge in [0.05, 0.1) is 0 Å². The molecule has 1 nitrogen and oxygen atoms in total. The summed E-state index contributed by atoms with van der Waals surface area (Å²) in [5.41, 5.74) is 10.3. The summed E-state index contributed by atoms with van der Waals surface area (Å²) in [5, 5.41) is 3.50. The highest BCUT2D eigenvalue weighted by molar-refractivity contribution is 5.85. The summed E-state index contributed by atoms with van der Waals surface area (Å²) in [6.45, 7) is 4.64. The van der Waals surface area contributed by atoms with Gasteiger partial charge < -0.3 is 5.32 Å². The van der Waals surface area contributed by atoms with Crippen molar-refractivity contribution in [3.63, 3.8) is 0 Å². The second-order valence-electron chi connectivity index (χ2n) is 8.00. The number of para-hydroxylation sites is 1. The number of hydrogen-bond acceptors (Lipinski definition) is 1. The van der Waals surface area contributed by atoms with Gasteiger partial charge in [0.2, 0.25) is 0 Å². The van der Waals surface area contributed by atoms with Crippen molar-refractivity contribution < 1.29 is 0 Å². The van der Waals surface area contributed by atoms with E-state index in [1.807, 2.05) is 18.2 Å². The highest BCUT2D eigenvalue weighted by Crippen LogP contribution is 2.49. The summed E-state index contributed by atoms with van der Waals surface area (Å²) in [5.74, 6) is 0. The molecule has 1 aliphatic rings. The lowest BCUT2D eigenvalue weighted by atomic mass is 9.82. The van der Waals surface area contributed by atoms with Gasteiger partial charge in [-0.05, 0) is 63.7 Å². The van der Waals surface area contributed by atoms with Gasteiger partial charge in [0.25, 0.3) is 0 Å². The van der Waals surface area contributed by atoms with Gasteiger partial charge in [0.1, 0.15) is 0 Å². The zero-order chi connectivity index (χ0) is 19.1. The first kappa shape index (κ1) is 16.8. The molecule has 0 bridgehead atoms. The van der Waals surface area contributed by atoms with Crippen LogP contribution in [-0.4, -0.2) is 0 Å². The van der Waals surface area contributed by atoms with Crippen molar-refractivity contribution in [1.29, 1.82) is 0 Å². The Hall–Kier alpha value is -3.32. The van der Waals surface area contributed by atoms with Crippen LogP contribution in [0.5, 0.6) is 0 Å². The molecule has 0 amide bonds.